The average Bonchev–Trinajstić information content (AvgIpc) is 2.61. The lowest BCUT2D eigenvalue weighted by atomic mass is 9.89. The fourth-order valence-corrected chi connectivity index (χ4v) is 4.38. The first-order valence-electron chi connectivity index (χ1n) is 8.72. The number of ether oxygens (including phenoxy) is 2. The SMILES string of the molecule is O=C(CCNS(=O)(=O)c1cccc(F)c1)N[C@@H]1CC[C@H]2OCCO[C@H]2C1. The Kier molecular flexibility index (Phi) is 6.23. The van der Waals surface area contributed by atoms with Crippen molar-refractivity contribution in [2.75, 3.05) is 19.8 Å². The van der Waals surface area contributed by atoms with Crippen LogP contribution in [0.5, 0.6) is 0 Å². The molecule has 1 saturated carbocycles. The second-order valence-corrected chi connectivity index (χ2v) is 8.27. The summed E-state index contributed by atoms with van der Waals surface area (Å²) in [6.45, 7) is 1.14. The number of carbonyl (C=O) groups is 1. The molecule has 144 valence electrons. The summed E-state index contributed by atoms with van der Waals surface area (Å²) in [5, 5.41) is 2.92. The molecule has 0 unspecified atom stereocenters. The third-order valence-electron chi connectivity index (χ3n) is 4.59. The minimum Gasteiger partial charge on any atom is -0.373 e. The Morgan fingerprint density at radius 3 is 2.73 bits per heavy atom. The molecule has 0 radical (unpaired) electrons. The van der Waals surface area contributed by atoms with Crippen LogP contribution in [0.2, 0.25) is 0 Å². The first-order valence-corrected chi connectivity index (χ1v) is 10.2. The maximum atomic E-state index is 13.2. The Morgan fingerprint density at radius 1 is 1.19 bits per heavy atom. The molecule has 0 bridgehead atoms. The molecule has 3 rings (SSSR count). The van der Waals surface area contributed by atoms with Crippen LogP contribution >= 0.6 is 0 Å². The normalized spacial score (nSPS) is 26.1. The Bertz CT molecular complexity index is 742. The molecule has 26 heavy (non-hydrogen) atoms. The van der Waals surface area contributed by atoms with Crippen LogP contribution in [0.1, 0.15) is 25.7 Å². The van der Waals surface area contributed by atoms with Crippen LogP contribution in [0.4, 0.5) is 4.39 Å². The fraction of sp³-hybridized carbons (Fsp3) is 0.588. The molecular weight excluding hydrogens is 363 g/mol. The molecule has 1 aromatic rings. The average molecular weight is 386 g/mol. The predicted molar refractivity (Wildman–Crippen MR) is 91.5 cm³/mol. The van der Waals surface area contributed by atoms with Crippen molar-refractivity contribution in [2.24, 2.45) is 0 Å². The monoisotopic (exact) mass is 386 g/mol. The third kappa shape index (κ3) is 5.00. The standard InChI is InChI=1S/C17H23FN2O5S/c18-12-2-1-3-14(10-12)26(22,23)19-7-6-17(21)20-13-4-5-15-16(11-13)25-9-8-24-15/h1-3,10,13,15-16,19H,4-9,11H2,(H,20,21)/t13-,15-,16+/m1/s1. The van der Waals surface area contributed by atoms with Crippen LogP contribution in [0.25, 0.3) is 0 Å². The topological polar surface area (TPSA) is 93.7 Å². The summed E-state index contributed by atoms with van der Waals surface area (Å²) in [6.07, 6.45) is 2.47. The molecule has 1 aliphatic carbocycles. The number of halogens is 1. The van der Waals surface area contributed by atoms with Crippen molar-refractivity contribution in [3.63, 3.8) is 0 Å². The molecule has 1 saturated heterocycles. The summed E-state index contributed by atoms with van der Waals surface area (Å²) in [6, 6.07) is 4.74. The number of sulfonamides is 1. The van der Waals surface area contributed by atoms with E-state index >= 15 is 0 Å². The molecule has 1 aromatic carbocycles. The highest BCUT2D eigenvalue weighted by Gasteiger charge is 2.34. The van der Waals surface area contributed by atoms with Gasteiger partial charge in [0.1, 0.15) is 5.82 Å². The minimum absolute atomic E-state index is 0.00489. The van der Waals surface area contributed by atoms with Crippen LogP contribution < -0.4 is 10.0 Å². The van der Waals surface area contributed by atoms with Gasteiger partial charge in [0.2, 0.25) is 15.9 Å². The number of nitrogens with one attached hydrogen (secondary N) is 2. The van der Waals surface area contributed by atoms with Gasteiger partial charge in [0, 0.05) is 19.0 Å². The van der Waals surface area contributed by atoms with E-state index in [1.54, 1.807) is 0 Å². The Hall–Kier alpha value is -1.55. The van der Waals surface area contributed by atoms with E-state index < -0.39 is 15.8 Å². The van der Waals surface area contributed by atoms with E-state index in [4.69, 9.17) is 9.47 Å². The smallest absolute Gasteiger partial charge is 0.240 e. The van der Waals surface area contributed by atoms with Crippen molar-refractivity contribution < 1.29 is 27.1 Å². The molecule has 1 aliphatic heterocycles. The third-order valence-corrected chi connectivity index (χ3v) is 6.05. The Balaban J connectivity index is 1.43. The van der Waals surface area contributed by atoms with E-state index in [1.807, 2.05) is 0 Å². The van der Waals surface area contributed by atoms with E-state index in [0.717, 1.165) is 18.9 Å². The molecule has 0 spiro atoms. The lowest BCUT2D eigenvalue weighted by molar-refractivity contribution is -0.158. The van der Waals surface area contributed by atoms with Gasteiger partial charge in [0.15, 0.2) is 0 Å². The van der Waals surface area contributed by atoms with Gasteiger partial charge < -0.3 is 14.8 Å². The highest BCUT2D eigenvalue weighted by atomic mass is 32.2. The van der Waals surface area contributed by atoms with Gasteiger partial charge in [-0.1, -0.05) is 6.07 Å². The molecule has 7 nitrogen and oxygen atoms in total. The molecule has 2 N–H and O–H groups in total. The van der Waals surface area contributed by atoms with Crippen LogP contribution in [-0.2, 0) is 24.3 Å². The van der Waals surface area contributed by atoms with Gasteiger partial charge in [-0.3, -0.25) is 4.79 Å². The van der Waals surface area contributed by atoms with E-state index in [2.05, 4.69) is 10.0 Å². The lowest BCUT2D eigenvalue weighted by Gasteiger charge is -2.39. The van der Waals surface area contributed by atoms with Crippen molar-refractivity contribution in [1.29, 1.82) is 0 Å². The summed E-state index contributed by atoms with van der Waals surface area (Å²) < 4.78 is 50.9. The second-order valence-electron chi connectivity index (χ2n) is 6.50. The largest absolute Gasteiger partial charge is 0.373 e. The molecule has 1 heterocycles. The van der Waals surface area contributed by atoms with E-state index in [9.17, 15) is 17.6 Å². The summed E-state index contributed by atoms with van der Waals surface area (Å²) in [5.74, 6) is -0.859. The van der Waals surface area contributed by atoms with Crippen molar-refractivity contribution >= 4 is 15.9 Å². The van der Waals surface area contributed by atoms with Crippen LogP contribution in [0, 0.1) is 5.82 Å². The van der Waals surface area contributed by atoms with Gasteiger partial charge >= 0.3 is 0 Å². The summed E-state index contributed by atoms with van der Waals surface area (Å²) in [4.78, 5) is 11.9. The number of carbonyl (C=O) groups excluding carboxylic acids is 1. The van der Waals surface area contributed by atoms with Gasteiger partial charge in [0.05, 0.1) is 30.3 Å². The molecule has 2 fully saturated rings. The number of amides is 1. The number of hydrogen-bond acceptors (Lipinski definition) is 5. The Labute approximate surface area is 152 Å². The van der Waals surface area contributed by atoms with Gasteiger partial charge in [-0.25, -0.2) is 17.5 Å². The molecule has 2 aliphatic rings. The number of benzene rings is 1. The fourth-order valence-electron chi connectivity index (χ4n) is 3.31. The van der Waals surface area contributed by atoms with Crippen molar-refractivity contribution in [3.8, 4) is 0 Å². The van der Waals surface area contributed by atoms with Gasteiger partial charge in [-0.05, 0) is 37.5 Å². The highest BCUT2D eigenvalue weighted by Crippen LogP contribution is 2.26. The van der Waals surface area contributed by atoms with Crippen molar-refractivity contribution in [3.05, 3.63) is 30.1 Å². The van der Waals surface area contributed by atoms with Gasteiger partial charge in [-0.2, -0.15) is 0 Å². The second kappa shape index (κ2) is 8.43. The molecule has 9 heteroatoms. The lowest BCUT2D eigenvalue weighted by Crippen LogP contribution is -2.49. The summed E-state index contributed by atoms with van der Waals surface area (Å²) >= 11 is 0. The zero-order valence-corrected chi connectivity index (χ0v) is 15.1. The van der Waals surface area contributed by atoms with Crippen LogP contribution in [0.15, 0.2) is 29.2 Å². The molecule has 3 atom stereocenters. The number of hydrogen-bond donors (Lipinski definition) is 2. The van der Waals surface area contributed by atoms with E-state index in [0.29, 0.717) is 19.6 Å². The maximum absolute atomic E-state index is 13.2. The zero-order valence-electron chi connectivity index (χ0n) is 14.3. The van der Waals surface area contributed by atoms with Gasteiger partial charge in [-0.15, -0.1) is 0 Å². The summed E-state index contributed by atoms with van der Waals surface area (Å²) in [7, 11) is -3.83. The zero-order chi connectivity index (χ0) is 18.6. The molecule has 0 aromatic heterocycles. The minimum atomic E-state index is -3.83. The van der Waals surface area contributed by atoms with Crippen molar-refractivity contribution in [1.82, 2.24) is 10.0 Å². The van der Waals surface area contributed by atoms with Gasteiger partial charge in [0.25, 0.3) is 0 Å². The molecule has 1 amide bonds. The first-order chi connectivity index (χ1) is 12.4. The first kappa shape index (κ1) is 19.2. The number of fused-ring (bicyclic) bond motifs is 1. The molecular formula is C17H23FN2O5S. The summed E-state index contributed by atoms with van der Waals surface area (Å²) in [5.41, 5.74) is 0. The maximum Gasteiger partial charge on any atom is 0.240 e. The van der Waals surface area contributed by atoms with E-state index in [1.165, 1.54) is 18.2 Å². The Morgan fingerprint density at radius 2 is 1.96 bits per heavy atom. The predicted octanol–water partition coefficient (Wildman–Crippen LogP) is 0.947. The van der Waals surface area contributed by atoms with Crippen LogP contribution in [-0.4, -0.2) is 52.3 Å². The quantitative estimate of drug-likeness (QED) is 0.759. The van der Waals surface area contributed by atoms with E-state index in [-0.39, 0.29) is 42.0 Å². The highest BCUT2D eigenvalue weighted by molar-refractivity contribution is 7.89. The van der Waals surface area contributed by atoms with Crippen molar-refractivity contribution in [2.45, 2.75) is 48.8 Å². The van der Waals surface area contributed by atoms with Crippen LogP contribution in [0.3, 0.4) is 0 Å². The number of rotatable bonds is 6.